The molecule has 0 unspecified atom stereocenters. The van der Waals surface area contributed by atoms with Crippen molar-refractivity contribution >= 4 is 17.2 Å². The lowest BCUT2D eigenvalue weighted by molar-refractivity contribution is -0.122. The predicted molar refractivity (Wildman–Crippen MR) is 99.3 cm³/mol. The number of nitrogens with one attached hydrogen (secondary N) is 1. The van der Waals surface area contributed by atoms with Gasteiger partial charge in [0.2, 0.25) is 5.91 Å². The van der Waals surface area contributed by atoms with Crippen molar-refractivity contribution in [2.45, 2.75) is 25.4 Å². The molecule has 1 aromatic heterocycles. The summed E-state index contributed by atoms with van der Waals surface area (Å²) >= 11 is 1.77. The van der Waals surface area contributed by atoms with Crippen LogP contribution in [-0.4, -0.2) is 38.1 Å². The number of carbonyl (C=O) groups excluding carboxylic acids is 1. The van der Waals surface area contributed by atoms with Crippen molar-refractivity contribution in [2.75, 3.05) is 27.3 Å². The number of rotatable bonds is 7. The molecular formula is C19H24N2O3S. The molecule has 1 atom stereocenters. The van der Waals surface area contributed by atoms with Crippen LogP contribution in [0, 0.1) is 0 Å². The van der Waals surface area contributed by atoms with Crippen LogP contribution in [0.2, 0.25) is 0 Å². The van der Waals surface area contributed by atoms with Gasteiger partial charge in [-0.1, -0.05) is 12.1 Å². The summed E-state index contributed by atoms with van der Waals surface area (Å²) in [6.07, 6.45) is 2.27. The Labute approximate surface area is 152 Å². The highest BCUT2D eigenvalue weighted by atomic mass is 32.1. The Balaban J connectivity index is 1.54. The zero-order valence-electron chi connectivity index (χ0n) is 14.7. The zero-order valence-corrected chi connectivity index (χ0v) is 15.5. The molecule has 134 valence electrons. The van der Waals surface area contributed by atoms with Crippen molar-refractivity contribution < 1.29 is 14.3 Å². The second kappa shape index (κ2) is 8.36. The van der Waals surface area contributed by atoms with Gasteiger partial charge in [-0.05, 0) is 48.5 Å². The molecule has 0 radical (unpaired) electrons. The Morgan fingerprint density at radius 3 is 2.84 bits per heavy atom. The number of hydrogen-bond acceptors (Lipinski definition) is 5. The third-order valence-corrected chi connectivity index (χ3v) is 5.49. The Morgan fingerprint density at radius 1 is 1.28 bits per heavy atom. The van der Waals surface area contributed by atoms with E-state index in [4.69, 9.17) is 9.47 Å². The summed E-state index contributed by atoms with van der Waals surface area (Å²) in [5, 5.41) is 5.11. The second-order valence-corrected chi connectivity index (χ2v) is 7.09. The molecule has 6 heteroatoms. The maximum absolute atomic E-state index is 12.4. The van der Waals surface area contributed by atoms with Gasteiger partial charge in [0.25, 0.3) is 0 Å². The lowest BCUT2D eigenvalue weighted by Gasteiger charge is -2.23. The van der Waals surface area contributed by atoms with E-state index < -0.39 is 0 Å². The molecule has 1 aromatic carbocycles. The van der Waals surface area contributed by atoms with Gasteiger partial charge < -0.3 is 14.8 Å². The first-order valence-electron chi connectivity index (χ1n) is 8.46. The number of nitrogens with zero attached hydrogens (tertiary/aromatic N) is 1. The summed E-state index contributed by atoms with van der Waals surface area (Å²) in [5.41, 5.74) is 0.988. The number of amides is 1. The minimum Gasteiger partial charge on any atom is -0.493 e. The monoisotopic (exact) mass is 360 g/mol. The molecule has 1 amide bonds. The molecule has 3 rings (SSSR count). The van der Waals surface area contributed by atoms with Crippen molar-refractivity contribution in [1.82, 2.24) is 10.2 Å². The van der Waals surface area contributed by atoms with Crippen molar-refractivity contribution in [3.8, 4) is 11.5 Å². The van der Waals surface area contributed by atoms with Crippen LogP contribution in [0.3, 0.4) is 0 Å². The fourth-order valence-electron chi connectivity index (χ4n) is 3.25. The fourth-order valence-corrected chi connectivity index (χ4v) is 4.15. The summed E-state index contributed by atoms with van der Waals surface area (Å²) < 4.78 is 10.5. The van der Waals surface area contributed by atoms with Crippen LogP contribution in [-0.2, 0) is 11.3 Å². The summed E-state index contributed by atoms with van der Waals surface area (Å²) in [7, 11) is 3.22. The number of likely N-dealkylation sites (tertiary alicyclic amines) is 1. The van der Waals surface area contributed by atoms with E-state index in [0.717, 1.165) is 24.9 Å². The third-order valence-electron chi connectivity index (χ3n) is 4.52. The van der Waals surface area contributed by atoms with Crippen LogP contribution in [0.1, 0.15) is 29.3 Å². The number of benzene rings is 1. The minimum atomic E-state index is 0.0539. The summed E-state index contributed by atoms with van der Waals surface area (Å²) in [6.45, 7) is 1.90. The van der Waals surface area contributed by atoms with E-state index in [9.17, 15) is 4.79 Å². The predicted octanol–water partition coefficient (Wildman–Crippen LogP) is 3.22. The molecule has 2 aromatic rings. The molecule has 0 bridgehead atoms. The number of carbonyl (C=O) groups is 1. The Kier molecular flexibility index (Phi) is 5.94. The summed E-state index contributed by atoms with van der Waals surface area (Å²) in [6, 6.07) is 10.3. The van der Waals surface area contributed by atoms with Crippen LogP contribution in [0.15, 0.2) is 35.7 Å². The smallest absolute Gasteiger partial charge is 0.234 e. The largest absolute Gasteiger partial charge is 0.493 e. The van der Waals surface area contributed by atoms with E-state index in [1.54, 1.807) is 25.6 Å². The van der Waals surface area contributed by atoms with Crippen LogP contribution in [0.4, 0.5) is 0 Å². The van der Waals surface area contributed by atoms with Gasteiger partial charge in [0, 0.05) is 17.5 Å². The minimum absolute atomic E-state index is 0.0539. The molecule has 0 aliphatic carbocycles. The number of methoxy groups -OCH3 is 2. The van der Waals surface area contributed by atoms with Crippen molar-refractivity contribution in [3.63, 3.8) is 0 Å². The van der Waals surface area contributed by atoms with Gasteiger partial charge in [-0.3, -0.25) is 9.69 Å². The standard InChI is InChI=1S/C19H24N2O3S/c1-23-16-8-7-14(11-17(16)24-2)12-20-19(22)13-21-9-3-5-15(21)18-6-4-10-25-18/h4,6-8,10-11,15H,3,5,9,12-13H2,1-2H3,(H,20,22)/t15-/m0/s1. The lowest BCUT2D eigenvalue weighted by atomic mass is 10.2. The Bertz CT molecular complexity index is 703. The lowest BCUT2D eigenvalue weighted by Crippen LogP contribution is -2.36. The Hall–Kier alpha value is -2.05. The van der Waals surface area contributed by atoms with Gasteiger partial charge in [0.1, 0.15) is 0 Å². The first kappa shape index (κ1) is 17.8. The molecule has 1 N–H and O–H groups in total. The molecule has 1 fully saturated rings. The first-order valence-corrected chi connectivity index (χ1v) is 9.34. The van der Waals surface area contributed by atoms with Crippen molar-refractivity contribution in [1.29, 1.82) is 0 Å². The zero-order chi connectivity index (χ0) is 17.6. The third kappa shape index (κ3) is 4.32. The van der Waals surface area contributed by atoms with E-state index in [1.165, 1.54) is 4.88 Å². The van der Waals surface area contributed by atoms with E-state index in [-0.39, 0.29) is 5.91 Å². The topological polar surface area (TPSA) is 50.8 Å². The maximum atomic E-state index is 12.4. The molecule has 0 saturated carbocycles. The highest BCUT2D eigenvalue weighted by molar-refractivity contribution is 7.10. The molecule has 1 saturated heterocycles. The molecular weight excluding hydrogens is 336 g/mol. The second-order valence-electron chi connectivity index (χ2n) is 6.11. The van der Waals surface area contributed by atoms with Gasteiger partial charge in [0.05, 0.1) is 20.8 Å². The average molecular weight is 360 g/mol. The number of ether oxygens (including phenoxy) is 2. The summed E-state index contributed by atoms with van der Waals surface area (Å²) in [4.78, 5) is 16.0. The van der Waals surface area contributed by atoms with Gasteiger partial charge in [-0.15, -0.1) is 11.3 Å². The maximum Gasteiger partial charge on any atom is 0.234 e. The molecule has 1 aliphatic rings. The van der Waals surface area contributed by atoms with Crippen molar-refractivity contribution in [2.24, 2.45) is 0 Å². The van der Waals surface area contributed by atoms with Crippen LogP contribution in [0.25, 0.3) is 0 Å². The van der Waals surface area contributed by atoms with Crippen LogP contribution >= 0.6 is 11.3 Å². The SMILES string of the molecule is COc1ccc(CNC(=O)CN2CCC[C@H]2c2cccs2)cc1OC. The average Bonchev–Trinajstić information content (AvgIpc) is 3.31. The van der Waals surface area contributed by atoms with Gasteiger partial charge in [0.15, 0.2) is 11.5 Å². The number of hydrogen-bond donors (Lipinski definition) is 1. The number of thiophene rings is 1. The van der Waals surface area contributed by atoms with Gasteiger partial charge in [-0.2, -0.15) is 0 Å². The van der Waals surface area contributed by atoms with Gasteiger partial charge >= 0.3 is 0 Å². The van der Waals surface area contributed by atoms with Crippen molar-refractivity contribution in [3.05, 3.63) is 46.2 Å². The first-order chi connectivity index (χ1) is 12.2. The normalized spacial score (nSPS) is 17.4. The fraction of sp³-hybridized carbons (Fsp3) is 0.421. The van der Waals surface area contributed by atoms with Crippen LogP contribution < -0.4 is 14.8 Å². The summed E-state index contributed by atoms with van der Waals surface area (Å²) in [5.74, 6) is 1.42. The van der Waals surface area contributed by atoms with Gasteiger partial charge in [-0.25, -0.2) is 0 Å². The van der Waals surface area contributed by atoms with E-state index in [1.807, 2.05) is 18.2 Å². The van der Waals surface area contributed by atoms with E-state index >= 15 is 0 Å². The Morgan fingerprint density at radius 2 is 2.12 bits per heavy atom. The molecule has 2 heterocycles. The molecule has 5 nitrogen and oxygen atoms in total. The van der Waals surface area contributed by atoms with E-state index in [2.05, 4.69) is 27.7 Å². The van der Waals surface area contributed by atoms with Crippen LogP contribution in [0.5, 0.6) is 11.5 Å². The quantitative estimate of drug-likeness (QED) is 0.824. The molecule has 0 spiro atoms. The molecule has 25 heavy (non-hydrogen) atoms. The highest BCUT2D eigenvalue weighted by Gasteiger charge is 2.28. The van der Waals surface area contributed by atoms with E-state index in [0.29, 0.717) is 30.6 Å². The highest BCUT2D eigenvalue weighted by Crippen LogP contribution is 2.34. The molecule has 1 aliphatic heterocycles.